The number of hydrogen-bond donors (Lipinski definition) is 1. The van der Waals surface area contributed by atoms with E-state index in [9.17, 15) is 14.0 Å². The molecule has 9 nitrogen and oxygen atoms in total. The van der Waals surface area contributed by atoms with Crippen LogP contribution in [0.4, 0.5) is 4.39 Å². The number of methoxy groups -OCH3 is 2. The summed E-state index contributed by atoms with van der Waals surface area (Å²) in [6.45, 7) is 1.87. The van der Waals surface area contributed by atoms with Gasteiger partial charge in [0.1, 0.15) is 17.9 Å². The summed E-state index contributed by atoms with van der Waals surface area (Å²) in [5.74, 6) is 0.511. The number of aryl methyl sites for hydroxylation is 1. The molecule has 0 radical (unpaired) electrons. The van der Waals surface area contributed by atoms with Crippen LogP contribution in [0, 0.1) is 12.7 Å². The number of carbonyl (C=O) groups is 1. The molecule has 1 N–H and O–H groups in total. The molecule has 2 aromatic heterocycles. The molecule has 0 fully saturated rings. The van der Waals surface area contributed by atoms with E-state index in [0.717, 1.165) is 10.2 Å². The molecule has 0 aliphatic rings. The Hall–Kier alpha value is -4.21. The normalized spacial score (nSPS) is 10.9. The highest BCUT2D eigenvalue weighted by Gasteiger charge is 2.16. The standard InChI is InChI=1S/C24H24FN5O4/c1-15-19-13-27-30(18-7-5-17(25)6-8-18)23(19)24(32)29(28-15)14-22(31)26-11-10-16-4-9-20(33-2)21(12-16)34-3/h4-9,12-13H,10-11,14H2,1-3H3,(H,26,31). The first-order valence-electron chi connectivity index (χ1n) is 10.6. The van der Waals surface area contributed by atoms with Crippen molar-refractivity contribution < 1.29 is 18.7 Å². The second-order valence-electron chi connectivity index (χ2n) is 7.63. The van der Waals surface area contributed by atoms with E-state index in [1.165, 1.54) is 35.1 Å². The average molecular weight is 465 g/mol. The van der Waals surface area contributed by atoms with Crippen LogP contribution in [0.5, 0.6) is 11.5 Å². The molecule has 0 aliphatic carbocycles. The Bertz CT molecular complexity index is 1400. The van der Waals surface area contributed by atoms with Crippen LogP contribution in [-0.2, 0) is 17.8 Å². The molecule has 0 spiro atoms. The van der Waals surface area contributed by atoms with Gasteiger partial charge in [-0.3, -0.25) is 9.59 Å². The van der Waals surface area contributed by atoms with E-state index in [1.54, 1.807) is 21.1 Å². The number of hydrogen-bond acceptors (Lipinski definition) is 6. The van der Waals surface area contributed by atoms with Crippen molar-refractivity contribution in [3.05, 3.63) is 76.1 Å². The van der Waals surface area contributed by atoms with Gasteiger partial charge in [0.15, 0.2) is 11.5 Å². The van der Waals surface area contributed by atoms with Crippen molar-refractivity contribution in [3.63, 3.8) is 0 Å². The van der Waals surface area contributed by atoms with Crippen LogP contribution < -0.4 is 20.3 Å². The molecule has 0 bridgehead atoms. The quantitative estimate of drug-likeness (QED) is 0.429. The highest BCUT2D eigenvalue weighted by molar-refractivity contribution is 5.82. The lowest BCUT2D eigenvalue weighted by Crippen LogP contribution is -2.35. The molecule has 0 unspecified atom stereocenters. The van der Waals surface area contributed by atoms with E-state index in [1.807, 2.05) is 18.2 Å². The number of rotatable bonds is 8. The summed E-state index contributed by atoms with van der Waals surface area (Å²) >= 11 is 0. The molecule has 34 heavy (non-hydrogen) atoms. The maximum absolute atomic E-state index is 13.3. The van der Waals surface area contributed by atoms with Crippen LogP contribution in [0.15, 0.2) is 53.5 Å². The van der Waals surface area contributed by atoms with E-state index in [4.69, 9.17) is 9.47 Å². The predicted octanol–water partition coefficient (Wildman–Crippen LogP) is 2.41. The number of fused-ring (bicyclic) bond motifs is 1. The molecular weight excluding hydrogens is 441 g/mol. The number of aromatic nitrogens is 4. The van der Waals surface area contributed by atoms with Crippen LogP contribution in [0.1, 0.15) is 11.3 Å². The van der Waals surface area contributed by atoms with Crippen molar-refractivity contribution in [2.45, 2.75) is 19.9 Å². The molecule has 0 saturated carbocycles. The molecule has 1 amide bonds. The third-order valence-electron chi connectivity index (χ3n) is 5.42. The largest absolute Gasteiger partial charge is 0.493 e. The third kappa shape index (κ3) is 4.61. The lowest BCUT2D eigenvalue weighted by molar-refractivity contribution is -0.121. The van der Waals surface area contributed by atoms with Crippen LogP contribution in [0.25, 0.3) is 16.6 Å². The molecular formula is C24H24FN5O4. The minimum absolute atomic E-state index is 0.240. The molecule has 0 saturated heterocycles. The number of carbonyl (C=O) groups excluding carboxylic acids is 1. The highest BCUT2D eigenvalue weighted by atomic mass is 19.1. The van der Waals surface area contributed by atoms with Crippen LogP contribution in [-0.4, -0.2) is 46.2 Å². The fraction of sp³-hybridized carbons (Fsp3) is 0.250. The fourth-order valence-corrected chi connectivity index (χ4v) is 3.68. The van der Waals surface area contributed by atoms with Crippen molar-refractivity contribution in [3.8, 4) is 17.2 Å². The van der Waals surface area contributed by atoms with E-state index >= 15 is 0 Å². The van der Waals surface area contributed by atoms with Gasteiger partial charge in [-0.25, -0.2) is 13.8 Å². The molecule has 10 heteroatoms. The Kier molecular flexibility index (Phi) is 6.58. The van der Waals surface area contributed by atoms with Crippen molar-refractivity contribution >= 4 is 16.8 Å². The number of amides is 1. The van der Waals surface area contributed by atoms with E-state index < -0.39 is 5.56 Å². The monoisotopic (exact) mass is 465 g/mol. The van der Waals surface area contributed by atoms with E-state index in [-0.39, 0.29) is 23.8 Å². The van der Waals surface area contributed by atoms with Gasteiger partial charge in [-0.1, -0.05) is 6.07 Å². The molecule has 0 atom stereocenters. The Morgan fingerprint density at radius 1 is 1.09 bits per heavy atom. The van der Waals surface area contributed by atoms with Crippen LogP contribution in [0.2, 0.25) is 0 Å². The molecule has 0 aliphatic heterocycles. The van der Waals surface area contributed by atoms with Gasteiger partial charge in [0.05, 0.1) is 31.8 Å². The summed E-state index contributed by atoms with van der Waals surface area (Å²) < 4.78 is 26.4. The SMILES string of the molecule is COc1ccc(CCNC(=O)Cn2nc(C)c3cnn(-c4ccc(F)cc4)c3c2=O)cc1OC. The maximum atomic E-state index is 13.3. The van der Waals surface area contributed by atoms with Gasteiger partial charge in [-0.05, 0) is 55.3 Å². The van der Waals surface area contributed by atoms with Gasteiger partial charge in [0.2, 0.25) is 5.91 Å². The summed E-state index contributed by atoms with van der Waals surface area (Å²) in [4.78, 5) is 25.7. The third-order valence-corrected chi connectivity index (χ3v) is 5.42. The smallest absolute Gasteiger partial charge is 0.293 e. The van der Waals surface area contributed by atoms with Gasteiger partial charge in [0.25, 0.3) is 5.56 Å². The molecule has 4 aromatic rings. The van der Waals surface area contributed by atoms with E-state index in [0.29, 0.717) is 41.2 Å². The van der Waals surface area contributed by atoms with Gasteiger partial charge in [0, 0.05) is 11.9 Å². The zero-order valence-corrected chi connectivity index (χ0v) is 19.0. The zero-order valence-electron chi connectivity index (χ0n) is 19.0. The Morgan fingerprint density at radius 3 is 2.53 bits per heavy atom. The lowest BCUT2D eigenvalue weighted by atomic mass is 10.1. The van der Waals surface area contributed by atoms with Gasteiger partial charge >= 0.3 is 0 Å². The van der Waals surface area contributed by atoms with Crippen LogP contribution in [0.3, 0.4) is 0 Å². The minimum Gasteiger partial charge on any atom is -0.493 e. The number of nitrogens with zero attached hydrogens (tertiary/aromatic N) is 4. The first-order valence-corrected chi connectivity index (χ1v) is 10.6. The average Bonchev–Trinajstić information content (AvgIpc) is 3.29. The summed E-state index contributed by atoms with van der Waals surface area (Å²) in [6.07, 6.45) is 2.11. The Labute approximate surface area is 194 Å². The van der Waals surface area contributed by atoms with Crippen molar-refractivity contribution in [2.75, 3.05) is 20.8 Å². The Morgan fingerprint density at radius 2 is 1.82 bits per heavy atom. The second kappa shape index (κ2) is 9.74. The first-order chi connectivity index (χ1) is 16.4. The molecule has 2 aromatic carbocycles. The number of nitrogens with one attached hydrogen (secondary N) is 1. The van der Waals surface area contributed by atoms with Gasteiger partial charge in [-0.2, -0.15) is 10.2 Å². The second-order valence-corrected chi connectivity index (χ2v) is 7.63. The summed E-state index contributed by atoms with van der Waals surface area (Å²) in [6, 6.07) is 11.2. The number of benzene rings is 2. The lowest BCUT2D eigenvalue weighted by Gasteiger charge is -2.11. The summed E-state index contributed by atoms with van der Waals surface area (Å²) in [7, 11) is 3.13. The van der Waals surface area contributed by atoms with Crippen LogP contribution >= 0.6 is 0 Å². The number of halogens is 1. The maximum Gasteiger partial charge on any atom is 0.293 e. The summed E-state index contributed by atoms with van der Waals surface area (Å²) in [5.41, 5.74) is 1.87. The van der Waals surface area contributed by atoms with Crippen molar-refractivity contribution in [1.29, 1.82) is 0 Å². The van der Waals surface area contributed by atoms with Crippen molar-refractivity contribution in [2.24, 2.45) is 0 Å². The molecule has 176 valence electrons. The Balaban J connectivity index is 1.49. The predicted molar refractivity (Wildman–Crippen MR) is 124 cm³/mol. The van der Waals surface area contributed by atoms with Gasteiger partial charge in [-0.15, -0.1) is 0 Å². The van der Waals surface area contributed by atoms with Crippen molar-refractivity contribution in [1.82, 2.24) is 24.9 Å². The highest BCUT2D eigenvalue weighted by Crippen LogP contribution is 2.27. The molecule has 2 heterocycles. The minimum atomic E-state index is -0.461. The van der Waals surface area contributed by atoms with Gasteiger partial charge < -0.3 is 14.8 Å². The summed E-state index contributed by atoms with van der Waals surface area (Å²) in [5, 5.41) is 11.9. The zero-order chi connectivity index (χ0) is 24.2. The molecule has 4 rings (SSSR count). The first kappa shape index (κ1) is 23.0. The number of ether oxygens (including phenoxy) is 2. The van der Waals surface area contributed by atoms with E-state index in [2.05, 4.69) is 15.5 Å². The fourth-order valence-electron chi connectivity index (χ4n) is 3.68. The topological polar surface area (TPSA) is 100 Å².